The summed E-state index contributed by atoms with van der Waals surface area (Å²) in [5, 5.41) is 0. The predicted octanol–water partition coefficient (Wildman–Crippen LogP) is 2.74. The molecule has 6 rings (SSSR count). The van der Waals surface area contributed by atoms with Crippen molar-refractivity contribution in [3.63, 3.8) is 0 Å². The van der Waals surface area contributed by atoms with E-state index >= 15 is 0 Å². The first kappa shape index (κ1) is 19.1. The first-order valence-electron chi connectivity index (χ1n) is 10.7. The van der Waals surface area contributed by atoms with Crippen molar-refractivity contribution in [3.8, 4) is 0 Å². The SMILES string of the molecule is O=S(=O)(NC[C@H]1C[C@H]2CCN1C[C@@H]2CN1CCc2ccccc21)c1ccccc1. The van der Waals surface area contributed by atoms with E-state index in [1.165, 1.54) is 17.7 Å². The van der Waals surface area contributed by atoms with Gasteiger partial charge in [0.25, 0.3) is 0 Å². The van der Waals surface area contributed by atoms with E-state index in [4.69, 9.17) is 0 Å². The van der Waals surface area contributed by atoms with Gasteiger partial charge in [0.05, 0.1) is 4.90 Å². The molecule has 0 saturated carbocycles. The number of anilines is 1. The van der Waals surface area contributed by atoms with E-state index in [-0.39, 0.29) is 0 Å². The van der Waals surface area contributed by atoms with E-state index in [1.807, 2.05) is 6.07 Å². The normalized spacial score (nSPS) is 28.5. The Hall–Kier alpha value is -1.89. The van der Waals surface area contributed by atoms with Gasteiger partial charge >= 0.3 is 0 Å². The molecule has 1 N–H and O–H groups in total. The third-order valence-corrected chi connectivity index (χ3v) is 8.45. The molecule has 154 valence electrons. The summed E-state index contributed by atoms with van der Waals surface area (Å²) in [6, 6.07) is 17.8. The highest BCUT2D eigenvalue weighted by Gasteiger charge is 2.41. The molecule has 0 aromatic heterocycles. The summed E-state index contributed by atoms with van der Waals surface area (Å²) < 4.78 is 28.0. The van der Waals surface area contributed by atoms with Gasteiger partial charge in [-0.3, -0.25) is 4.90 Å². The van der Waals surface area contributed by atoms with Gasteiger partial charge in [-0.15, -0.1) is 0 Å². The topological polar surface area (TPSA) is 52.7 Å². The van der Waals surface area contributed by atoms with E-state index < -0.39 is 10.0 Å². The largest absolute Gasteiger partial charge is 0.371 e. The van der Waals surface area contributed by atoms with Crippen LogP contribution >= 0.6 is 0 Å². The number of nitrogens with zero attached hydrogens (tertiary/aromatic N) is 2. The molecule has 4 atom stereocenters. The lowest BCUT2D eigenvalue weighted by atomic mass is 9.75. The minimum atomic E-state index is -3.43. The van der Waals surface area contributed by atoms with Crippen molar-refractivity contribution in [2.45, 2.75) is 30.2 Å². The van der Waals surface area contributed by atoms with Gasteiger partial charge < -0.3 is 4.90 Å². The molecule has 5 nitrogen and oxygen atoms in total. The first-order valence-corrected chi connectivity index (χ1v) is 12.2. The molecule has 0 spiro atoms. The Labute approximate surface area is 173 Å². The Kier molecular flexibility index (Phi) is 5.10. The minimum absolute atomic E-state index is 0.314. The average Bonchev–Trinajstić information content (AvgIpc) is 3.17. The average molecular weight is 412 g/mol. The summed E-state index contributed by atoms with van der Waals surface area (Å²) in [5.41, 5.74) is 2.89. The zero-order valence-corrected chi connectivity index (χ0v) is 17.5. The summed E-state index contributed by atoms with van der Waals surface area (Å²) in [7, 11) is -3.43. The number of piperidine rings is 3. The highest BCUT2D eigenvalue weighted by molar-refractivity contribution is 7.89. The predicted molar refractivity (Wildman–Crippen MR) is 116 cm³/mol. The van der Waals surface area contributed by atoms with Crippen molar-refractivity contribution < 1.29 is 8.42 Å². The Morgan fingerprint density at radius 1 is 1.00 bits per heavy atom. The van der Waals surface area contributed by atoms with Gasteiger partial charge in [-0.2, -0.15) is 0 Å². The van der Waals surface area contributed by atoms with Gasteiger partial charge in [0.1, 0.15) is 0 Å². The van der Waals surface area contributed by atoms with E-state index in [0.29, 0.717) is 29.3 Å². The summed E-state index contributed by atoms with van der Waals surface area (Å²) >= 11 is 0. The second-order valence-electron chi connectivity index (χ2n) is 8.68. The Balaban J connectivity index is 1.20. The number of hydrogen-bond acceptors (Lipinski definition) is 4. The molecule has 4 aliphatic heterocycles. The maximum Gasteiger partial charge on any atom is 0.240 e. The molecular weight excluding hydrogens is 382 g/mol. The zero-order chi connectivity index (χ0) is 19.8. The molecule has 2 aromatic carbocycles. The van der Waals surface area contributed by atoms with Crippen molar-refractivity contribution in [1.82, 2.24) is 9.62 Å². The molecule has 3 fully saturated rings. The third-order valence-electron chi connectivity index (χ3n) is 7.01. The van der Waals surface area contributed by atoms with E-state index in [9.17, 15) is 8.42 Å². The van der Waals surface area contributed by atoms with Crippen molar-refractivity contribution in [2.75, 3.05) is 37.6 Å². The molecule has 1 unspecified atom stereocenters. The second-order valence-corrected chi connectivity index (χ2v) is 10.4. The molecule has 6 heteroatoms. The standard InChI is InChI=1S/C23H29N3O2S/c27-29(28,22-7-2-1-3-8-22)24-15-21-14-19-11-12-25(21)16-20(19)17-26-13-10-18-6-4-5-9-23(18)26/h1-9,19-21,24H,10-17H2/t19-,20-,21-/m1/s1. The van der Waals surface area contributed by atoms with Crippen LogP contribution in [0.15, 0.2) is 59.5 Å². The van der Waals surface area contributed by atoms with Gasteiger partial charge in [0, 0.05) is 37.9 Å². The Bertz CT molecular complexity index is 963. The minimum Gasteiger partial charge on any atom is -0.371 e. The molecule has 3 saturated heterocycles. The first-order chi connectivity index (χ1) is 14.1. The van der Waals surface area contributed by atoms with E-state index in [2.05, 4.69) is 38.8 Å². The molecule has 2 bridgehead atoms. The quantitative estimate of drug-likeness (QED) is 0.794. The lowest BCUT2D eigenvalue weighted by Crippen LogP contribution is -2.58. The van der Waals surface area contributed by atoms with Crippen LogP contribution < -0.4 is 9.62 Å². The van der Waals surface area contributed by atoms with Crippen LogP contribution in [0.1, 0.15) is 18.4 Å². The van der Waals surface area contributed by atoms with E-state index in [1.54, 1.807) is 24.3 Å². The van der Waals surface area contributed by atoms with Crippen LogP contribution in [0.5, 0.6) is 0 Å². The van der Waals surface area contributed by atoms with Gasteiger partial charge in [-0.25, -0.2) is 13.1 Å². The van der Waals surface area contributed by atoms with Crippen molar-refractivity contribution >= 4 is 15.7 Å². The lowest BCUT2D eigenvalue weighted by molar-refractivity contribution is 0.00670. The third kappa shape index (κ3) is 3.81. The molecule has 0 aliphatic carbocycles. The molecule has 0 radical (unpaired) electrons. The van der Waals surface area contributed by atoms with Crippen LogP contribution in [-0.4, -0.2) is 52.1 Å². The fraction of sp³-hybridized carbons (Fsp3) is 0.478. The molecule has 4 heterocycles. The van der Waals surface area contributed by atoms with Crippen LogP contribution in [0.4, 0.5) is 5.69 Å². The number of sulfonamides is 1. The van der Waals surface area contributed by atoms with Crippen LogP contribution in [0, 0.1) is 11.8 Å². The summed E-state index contributed by atoms with van der Waals surface area (Å²) in [4.78, 5) is 5.43. The van der Waals surface area contributed by atoms with Crippen molar-refractivity contribution in [3.05, 3.63) is 60.2 Å². The van der Waals surface area contributed by atoms with Gasteiger partial charge in [-0.05, 0) is 61.4 Å². The monoisotopic (exact) mass is 411 g/mol. The number of rotatable bonds is 6. The van der Waals surface area contributed by atoms with Crippen LogP contribution in [0.3, 0.4) is 0 Å². The molecule has 2 aromatic rings. The summed E-state index contributed by atoms with van der Waals surface area (Å²) in [5.74, 6) is 1.37. The summed E-state index contributed by atoms with van der Waals surface area (Å²) in [6.07, 6.45) is 3.49. The molecular formula is C23H29N3O2S. The van der Waals surface area contributed by atoms with Crippen molar-refractivity contribution in [1.29, 1.82) is 0 Å². The second kappa shape index (κ2) is 7.74. The van der Waals surface area contributed by atoms with Gasteiger partial charge in [-0.1, -0.05) is 36.4 Å². The van der Waals surface area contributed by atoms with Gasteiger partial charge in [0.15, 0.2) is 0 Å². The zero-order valence-electron chi connectivity index (χ0n) is 16.7. The number of benzene rings is 2. The summed E-state index contributed by atoms with van der Waals surface area (Å²) in [6.45, 7) is 4.94. The van der Waals surface area contributed by atoms with Gasteiger partial charge in [0.2, 0.25) is 10.0 Å². The fourth-order valence-electron chi connectivity index (χ4n) is 5.44. The fourth-order valence-corrected chi connectivity index (χ4v) is 6.53. The Morgan fingerprint density at radius 3 is 2.59 bits per heavy atom. The number of hydrogen-bond donors (Lipinski definition) is 1. The van der Waals surface area contributed by atoms with Crippen molar-refractivity contribution in [2.24, 2.45) is 11.8 Å². The maximum absolute atomic E-state index is 12.6. The molecule has 29 heavy (non-hydrogen) atoms. The molecule has 0 amide bonds. The highest BCUT2D eigenvalue weighted by atomic mass is 32.2. The lowest BCUT2D eigenvalue weighted by Gasteiger charge is -2.50. The van der Waals surface area contributed by atoms with Crippen LogP contribution in [-0.2, 0) is 16.4 Å². The smallest absolute Gasteiger partial charge is 0.240 e. The molecule has 4 aliphatic rings. The number of nitrogens with one attached hydrogen (secondary N) is 1. The van der Waals surface area contributed by atoms with E-state index in [0.717, 1.165) is 39.0 Å². The number of fused-ring (bicyclic) bond motifs is 4. The van der Waals surface area contributed by atoms with Crippen LogP contribution in [0.25, 0.3) is 0 Å². The number of para-hydroxylation sites is 1. The van der Waals surface area contributed by atoms with Crippen LogP contribution in [0.2, 0.25) is 0 Å². The highest BCUT2D eigenvalue weighted by Crippen LogP contribution is 2.38. The Morgan fingerprint density at radius 2 is 1.79 bits per heavy atom. The maximum atomic E-state index is 12.6.